The van der Waals surface area contributed by atoms with Crippen LogP contribution in [0.5, 0.6) is 0 Å². The van der Waals surface area contributed by atoms with Gasteiger partial charge in [-0.3, -0.25) is 0 Å². The standard InChI is InChI=1S/C8H14N2O2S2/c9-3-1-5-14(11,12)10-6-8-2-4-13-7-8/h2,4,7,10H,1,3,5-6,9H2. The smallest absolute Gasteiger partial charge is 0.211 e. The first kappa shape index (κ1) is 11.6. The minimum atomic E-state index is -3.15. The minimum Gasteiger partial charge on any atom is -0.330 e. The van der Waals surface area contributed by atoms with E-state index >= 15 is 0 Å². The predicted octanol–water partition coefficient (Wildman–Crippen LogP) is 0.516. The molecule has 3 N–H and O–H groups in total. The van der Waals surface area contributed by atoms with Crippen LogP contribution in [0.25, 0.3) is 0 Å². The van der Waals surface area contributed by atoms with Gasteiger partial charge in [-0.25, -0.2) is 13.1 Å². The molecule has 4 nitrogen and oxygen atoms in total. The second kappa shape index (κ2) is 5.45. The molecule has 0 atom stereocenters. The quantitative estimate of drug-likeness (QED) is 0.753. The van der Waals surface area contributed by atoms with E-state index < -0.39 is 10.0 Å². The molecule has 1 rings (SSSR count). The van der Waals surface area contributed by atoms with Gasteiger partial charge >= 0.3 is 0 Å². The molecule has 0 spiro atoms. The van der Waals surface area contributed by atoms with Crippen molar-refractivity contribution < 1.29 is 8.42 Å². The molecule has 1 aromatic rings. The van der Waals surface area contributed by atoms with E-state index in [9.17, 15) is 8.42 Å². The normalized spacial score (nSPS) is 11.8. The lowest BCUT2D eigenvalue weighted by Gasteiger charge is -2.04. The van der Waals surface area contributed by atoms with Gasteiger partial charge in [0.2, 0.25) is 10.0 Å². The molecule has 0 radical (unpaired) electrons. The van der Waals surface area contributed by atoms with Crippen LogP contribution >= 0.6 is 11.3 Å². The highest BCUT2D eigenvalue weighted by atomic mass is 32.2. The van der Waals surface area contributed by atoms with E-state index in [-0.39, 0.29) is 5.75 Å². The van der Waals surface area contributed by atoms with Crippen LogP contribution in [0.15, 0.2) is 16.8 Å². The molecule has 0 amide bonds. The van der Waals surface area contributed by atoms with Crippen LogP contribution in [0.1, 0.15) is 12.0 Å². The summed E-state index contributed by atoms with van der Waals surface area (Å²) in [5.74, 6) is 0.105. The van der Waals surface area contributed by atoms with Gasteiger partial charge in [-0.05, 0) is 35.4 Å². The number of rotatable bonds is 6. The van der Waals surface area contributed by atoms with Gasteiger partial charge in [0.1, 0.15) is 0 Å². The molecule has 0 unspecified atom stereocenters. The first-order valence-corrected chi connectivity index (χ1v) is 6.92. The fourth-order valence-corrected chi connectivity index (χ4v) is 2.68. The highest BCUT2D eigenvalue weighted by Gasteiger charge is 2.08. The first-order valence-electron chi connectivity index (χ1n) is 4.32. The number of thiophene rings is 1. The Morgan fingerprint density at radius 2 is 2.29 bits per heavy atom. The Hall–Kier alpha value is -0.430. The van der Waals surface area contributed by atoms with Gasteiger partial charge in [0.15, 0.2) is 0 Å². The van der Waals surface area contributed by atoms with Crippen molar-refractivity contribution in [1.29, 1.82) is 0 Å². The minimum absolute atomic E-state index is 0.105. The van der Waals surface area contributed by atoms with Gasteiger partial charge in [0, 0.05) is 6.54 Å². The lowest BCUT2D eigenvalue weighted by molar-refractivity contribution is 0.579. The van der Waals surface area contributed by atoms with Crippen LogP contribution in [0, 0.1) is 0 Å². The summed E-state index contributed by atoms with van der Waals surface area (Å²) in [6.07, 6.45) is 0.499. The van der Waals surface area contributed by atoms with Gasteiger partial charge in [-0.15, -0.1) is 0 Å². The molecular weight excluding hydrogens is 220 g/mol. The SMILES string of the molecule is NCCCS(=O)(=O)NCc1ccsc1. The highest BCUT2D eigenvalue weighted by Crippen LogP contribution is 2.05. The van der Waals surface area contributed by atoms with Crippen molar-refractivity contribution in [3.05, 3.63) is 22.4 Å². The zero-order valence-electron chi connectivity index (χ0n) is 7.77. The number of sulfonamides is 1. The molecule has 1 heterocycles. The summed E-state index contributed by atoms with van der Waals surface area (Å²) in [5, 5.41) is 3.84. The lowest BCUT2D eigenvalue weighted by atomic mass is 10.4. The second-order valence-electron chi connectivity index (χ2n) is 2.91. The van der Waals surface area contributed by atoms with Gasteiger partial charge < -0.3 is 5.73 Å². The Labute approximate surface area is 88.2 Å². The molecule has 0 aromatic carbocycles. The molecule has 0 aliphatic heterocycles. The average Bonchev–Trinajstić information content (AvgIpc) is 2.64. The third kappa shape index (κ3) is 4.19. The monoisotopic (exact) mass is 234 g/mol. The van der Waals surface area contributed by atoms with Gasteiger partial charge in [0.05, 0.1) is 5.75 Å². The lowest BCUT2D eigenvalue weighted by Crippen LogP contribution is -2.26. The summed E-state index contributed by atoms with van der Waals surface area (Å²) in [5.41, 5.74) is 6.23. The molecule has 6 heteroatoms. The van der Waals surface area contributed by atoms with Crippen LogP contribution in [0.3, 0.4) is 0 Å². The van der Waals surface area contributed by atoms with E-state index in [4.69, 9.17) is 5.73 Å². The van der Waals surface area contributed by atoms with Crippen molar-refractivity contribution in [2.24, 2.45) is 5.73 Å². The largest absolute Gasteiger partial charge is 0.330 e. The van der Waals surface area contributed by atoms with Crippen LogP contribution in [-0.4, -0.2) is 20.7 Å². The summed E-state index contributed by atoms with van der Waals surface area (Å²) < 4.78 is 25.2. The molecule has 0 saturated carbocycles. The van der Waals surface area contributed by atoms with E-state index in [2.05, 4.69) is 4.72 Å². The number of hydrogen-bond acceptors (Lipinski definition) is 4. The maximum Gasteiger partial charge on any atom is 0.211 e. The van der Waals surface area contributed by atoms with E-state index in [0.29, 0.717) is 19.5 Å². The molecule has 0 aliphatic carbocycles. The Kier molecular flexibility index (Phi) is 4.53. The fraction of sp³-hybridized carbons (Fsp3) is 0.500. The van der Waals surface area contributed by atoms with Gasteiger partial charge in [-0.1, -0.05) is 0 Å². The summed E-state index contributed by atoms with van der Waals surface area (Å²) >= 11 is 1.55. The van der Waals surface area contributed by atoms with Gasteiger partial charge in [0.25, 0.3) is 0 Å². The molecule has 0 aliphatic rings. The van der Waals surface area contributed by atoms with E-state index in [0.717, 1.165) is 5.56 Å². The highest BCUT2D eigenvalue weighted by molar-refractivity contribution is 7.89. The van der Waals surface area contributed by atoms with Crippen molar-refractivity contribution >= 4 is 21.4 Å². The zero-order valence-corrected chi connectivity index (χ0v) is 9.40. The van der Waals surface area contributed by atoms with Crippen molar-refractivity contribution in [3.8, 4) is 0 Å². The second-order valence-corrected chi connectivity index (χ2v) is 5.62. The Bertz CT molecular complexity index is 345. The first-order chi connectivity index (χ1) is 6.64. The third-order valence-corrected chi connectivity index (χ3v) is 3.84. The van der Waals surface area contributed by atoms with E-state index in [1.165, 1.54) is 0 Å². The molecule has 0 bridgehead atoms. The summed E-state index contributed by atoms with van der Waals surface area (Å²) in [7, 11) is -3.15. The van der Waals surface area contributed by atoms with Crippen LogP contribution in [0.4, 0.5) is 0 Å². The van der Waals surface area contributed by atoms with Crippen LogP contribution in [-0.2, 0) is 16.6 Å². The Morgan fingerprint density at radius 1 is 1.50 bits per heavy atom. The molecule has 1 aromatic heterocycles. The molecule has 0 saturated heterocycles. The van der Waals surface area contributed by atoms with Crippen molar-refractivity contribution in [1.82, 2.24) is 4.72 Å². The number of hydrogen-bond donors (Lipinski definition) is 2. The van der Waals surface area contributed by atoms with Gasteiger partial charge in [-0.2, -0.15) is 11.3 Å². The molecular formula is C8H14N2O2S2. The summed E-state index contributed by atoms with van der Waals surface area (Å²) in [4.78, 5) is 0. The summed E-state index contributed by atoms with van der Waals surface area (Å²) in [6.45, 7) is 0.774. The topological polar surface area (TPSA) is 72.2 Å². The number of nitrogens with one attached hydrogen (secondary N) is 1. The van der Waals surface area contributed by atoms with E-state index in [1.807, 2.05) is 16.8 Å². The Balaban J connectivity index is 2.37. The molecule has 0 fully saturated rings. The zero-order chi connectivity index (χ0) is 10.4. The fourth-order valence-electron chi connectivity index (χ4n) is 0.932. The van der Waals surface area contributed by atoms with Crippen molar-refractivity contribution in [2.75, 3.05) is 12.3 Å². The Morgan fingerprint density at radius 3 is 2.86 bits per heavy atom. The van der Waals surface area contributed by atoms with Crippen molar-refractivity contribution in [2.45, 2.75) is 13.0 Å². The van der Waals surface area contributed by atoms with E-state index in [1.54, 1.807) is 11.3 Å². The number of nitrogens with two attached hydrogens (primary N) is 1. The predicted molar refractivity (Wildman–Crippen MR) is 58.6 cm³/mol. The maximum absolute atomic E-state index is 11.3. The van der Waals surface area contributed by atoms with Crippen LogP contribution in [0.2, 0.25) is 0 Å². The van der Waals surface area contributed by atoms with Crippen molar-refractivity contribution in [3.63, 3.8) is 0 Å². The summed E-state index contributed by atoms with van der Waals surface area (Å²) in [6, 6.07) is 1.90. The molecule has 14 heavy (non-hydrogen) atoms. The molecule has 80 valence electrons. The maximum atomic E-state index is 11.3. The third-order valence-electron chi connectivity index (χ3n) is 1.69. The average molecular weight is 234 g/mol. The van der Waals surface area contributed by atoms with Crippen LogP contribution < -0.4 is 10.5 Å².